The summed E-state index contributed by atoms with van der Waals surface area (Å²) < 4.78 is 49.3. The van der Waals surface area contributed by atoms with Crippen molar-refractivity contribution in [3.8, 4) is 5.75 Å². The van der Waals surface area contributed by atoms with Crippen LogP contribution in [-0.4, -0.2) is 113 Å². The van der Waals surface area contributed by atoms with Gasteiger partial charge in [-0.25, -0.2) is 8.78 Å². The molecule has 0 bridgehead atoms. The van der Waals surface area contributed by atoms with Gasteiger partial charge in [0.2, 0.25) is 11.6 Å². The molecule has 1 aliphatic carbocycles. The minimum absolute atomic E-state index is 0.0449. The van der Waals surface area contributed by atoms with Crippen LogP contribution in [0.25, 0.3) is 0 Å². The van der Waals surface area contributed by atoms with E-state index in [1.165, 1.54) is 6.07 Å². The van der Waals surface area contributed by atoms with Gasteiger partial charge in [0, 0.05) is 95.4 Å². The molecule has 0 aromatic heterocycles. The zero-order valence-corrected chi connectivity index (χ0v) is 30.0. The van der Waals surface area contributed by atoms with Crippen LogP contribution in [0.5, 0.6) is 5.75 Å². The summed E-state index contributed by atoms with van der Waals surface area (Å²) in [4.78, 5) is 33.2. The number of carbonyl (C=O) groups excluding carboxylic acids is 2. The molecule has 3 heterocycles. The Balaban J connectivity index is 1.25. The molecular formula is C39H54F2N4O5. The Morgan fingerprint density at radius 3 is 2.30 bits per heavy atom. The highest BCUT2D eigenvalue weighted by Gasteiger charge is 2.57. The second kappa shape index (κ2) is 15.9. The van der Waals surface area contributed by atoms with Gasteiger partial charge in [0.1, 0.15) is 11.6 Å². The highest BCUT2D eigenvalue weighted by Crippen LogP contribution is 2.46. The van der Waals surface area contributed by atoms with Crippen molar-refractivity contribution in [2.75, 3.05) is 78.6 Å². The fourth-order valence-electron chi connectivity index (χ4n) is 9.04. The molecule has 0 unspecified atom stereocenters. The molecule has 3 saturated heterocycles. The second-order valence-electron chi connectivity index (χ2n) is 14.7. The number of nitrogens with zero attached hydrogens (tertiary/aromatic N) is 3. The van der Waals surface area contributed by atoms with Crippen LogP contribution in [-0.2, 0) is 19.1 Å². The van der Waals surface area contributed by atoms with Crippen LogP contribution in [0, 0.1) is 17.7 Å². The van der Waals surface area contributed by atoms with E-state index in [-0.39, 0.29) is 48.2 Å². The second-order valence-corrected chi connectivity index (χ2v) is 14.7. The summed E-state index contributed by atoms with van der Waals surface area (Å²) in [5.74, 6) is -1.02. The SMILES string of the molecule is CCNC(=O)C1CCN(c2cc(F)ccc2[C@H]2CN(C(=O)[C@]3(F)CN(C4CCC(OC)CC4)C[C@H]3c3ccc(OC)cc3)C[C@@H]2COC)CC1. The summed E-state index contributed by atoms with van der Waals surface area (Å²) in [6.07, 6.45) is 5.26. The molecule has 6 rings (SSSR count). The van der Waals surface area contributed by atoms with E-state index in [2.05, 4.69) is 15.1 Å². The molecule has 3 aliphatic heterocycles. The first-order valence-corrected chi connectivity index (χ1v) is 18.4. The summed E-state index contributed by atoms with van der Waals surface area (Å²) in [6.45, 7) is 5.34. The molecule has 1 saturated carbocycles. The van der Waals surface area contributed by atoms with E-state index in [4.69, 9.17) is 14.2 Å². The van der Waals surface area contributed by atoms with Gasteiger partial charge in [-0.1, -0.05) is 18.2 Å². The number of hydrogen-bond donors (Lipinski definition) is 1. The van der Waals surface area contributed by atoms with Crippen LogP contribution >= 0.6 is 0 Å². The van der Waals surface area contributed by atoms with Gasteiger partial charge in [-0.2, -0.15) is 0 Å². The quantitative estimate of drug-likeness (QED) is 0.349. The predicted octanol–water partition coefficient (Wildman–Crippen LogP) is 5.14. The first-order chi connectivity index (χ1) is 24.2. The average Bonchev–Trinajstić information content (AvgIpc) is 3.73. The lowest BCUT2D eigenvalue weighted by atomic mass is 9.85. The lowest BCUT2D eigenvalue weighted by Crippen LogP contribution is -2.50. The van der Waals surface area contributed by atoms with E-state index in [0.717, 1.165) is 42.5 Å². The number of amides is 2. The Morgan fingerprint density at radius 1 is 0.940 bits per heavy atom. The molecule has 2 aromatic carbocycles. The minimum atomic E-state index is -2.12. The molecular weight excluding hydrogens is 642 g/mol. The van der Waals surface area contributed by atoms with Crippen molar-refractivity contribution >= 4 is 17.5 Å². The van der Waals surface area contributed by atoms with Gasteiger partial charge in [0.05, 0.1) is 19.8 Å². The molecule has 274 valence electrons. The molecule has 2 aromatic rings. The lowest BCUT2D eigenvalue weighted by Gasteiger charge is -2.35. The summed E-state index contributed by atoms with van der Waals surface area (Å²) in [6, 6.07) is 12.5. The van der Waals surface area contributed by atoms with E-state index < -0.39 is 17.5 Å². The minimum Gasteiger partial charge on any atom is -0.497 e. The summed E-state index contributed by atoms with van der Waals surface area (Å²) in [5, 5.41) is 2.93. The van der Waals surface area contributed by atoms with Crippen molar-refractivity contribution in [2.24, 2.45) is 11.8 Å². The Bertz CT molecular complexity index is 1460. The number of hydrogen-bond acceptors (Lipinski definition) is 7. The van der Waals surface area contributed by atoms with E-state index in [1.807, 2.05) is 37.3 Å². The van der Waals surface area contributed by atoms with Gasteiger partial charge in [0.25, 0.3) is 5.91 Å². The number of nitrogens with one attached hydrogen (secondary N) is 1. The van der Waals surface area contributed by atoms with Crippen LogP contribution < -0.4 is 15.0 Å². The van der Waals surface area contributed by atoms with Crippen molar-refractivity contribution in [1.82, 2.24) is 15.1 Å². The van der Waals surface area contributed by atoms with E-state index in [1.54, 1.807) is 32.3 Å². The number of ether oxygens (including phenoxy) is 3. The van der Waals surface area contributed by atoms with Crippen molar-refractivity contribution in [3.63, 3.8) is 0 Å². The van der Waals surface area contributed by atoms with Gasteiger partial charge in [0.15, 0.2) is 0 Å². The Labute approximate surface area is 295 Å². The first kappa shape index (κ1) is 36.5. The van der Waals surface area contributed by atoms with Crippen molar-refractivity contribution in [1.29, 1.82) is 0 Å². The fraction of sp³-hybridized carbons (Fsp3) is 0.641. The number of alkyl halides is 1. The third-order valence-electron chi connectivity index (χ3n) is 11.8. The van der Waals surface area contributed by atoms with Crippen LogP contribution in [0.2, 0.25) is 0 Å². The summed E-state index contributed by atoms with van der Waals surface area (Å²) >= 11 is 0. The van der Waals surface area contributed by atoms with E-state index in [0.29, 0.717) is 64.5 Å². The van der Waals surface area contributed by atoms with Gasteiger partial charge in [-0.15, -0.1) is 0 Å². The molecule has 50 heavy (non-hydrogen) atoms. The molecule has 2 amide bonds. The van der Waals surface area contributed by atoms with Crippen LogP contribution in [0.15, 0.2) is 42.5 Å². The van der Waals surface area contributed by atoms with Gasteiger partial charge in [-0.05, 0) is 80.8 Å². The largest absolute Gasteiger partial charge is 0.497 e. The molecule has 1 N–H and O–H groups in total. The van der Waals surface area contributed by atoms with Crippen molar-refractivity contribution in [3.05, 3.63) is 59.4 Å². The highest BCUT2D eigenvalue weighted by atomic mass is 19.1. The molecule has 4 aliphatic rings. The number of anilines is 1. The number of piperidine rings is 1. The average molecular weight is 697 g/mol. The molecule has 0 spiro atoms. The number of benzene rings is 2. The van der Waals surface area contributed by atoms with Gasteiger partial charge < -0.3 is 29.3 Å². The van der Waals surface area contributed by atoms with Crippen LogP contribution in [0.3, 0.4) is 0 Å². The van der Waals surface area contributed by atoms with E-state index >= 15 is 4.39 Å². The Morgan fingerprint density at radius 2 is 1.66 bits per heavy atom. The number of rotatable bonds is 11. The summed E-state index contributed by atoms with van der Waals surface area (Å²) in [7, 11) is 4.99. The van der Waals surface area contributed by atoms with Crippen molar-refractivity contribution < 1.29 is 32.6 Å². The molecule has 0 radical (unpaired) electrons. The highest BCUT2D eigenvalue weighted by molar-refractivity contribution is 5.88. The van der Waals surface area contributed by atoms with Crippen molar-refractivity contribution in [2.45, 2.75) is 75.1 Å². The standard InChI is InChI=1S/C39H54F2N4O5/c1-5-42-37(46)27-16-18-43(19-17-27)36-20-29(40)8-15-33(36)34-22-44(21-28(34)24-48-2)38(47)39(41)25-45(30-9-13-32(50-4)14-10-30)23-35(39)26-6-11-31(49-3)12-7-26/h6-8,11-12,15,20,27-28,30,32,34-35H,5,9-10,13-14,16-19,21-25H2,1-4H3,(H,42,46)/t28-,30?,32?,34+,35+,39+/m1/s1. The van der Waals surface area contributed by atoms with Gasteiger partial charge >= 0.3 is 0 Å². The zero-order valence-electron chi connectivity index (χ0n) is 30.0. The number of carbonyl (C=O) groups is 2. The lowest BCUT2D eigenvalue weighted by molar-refractivity contribution is -0.143. The van der Waals surface area contributed by atoms with Crippen LogP contribution in [0.1, 0.15) is 68.4 Å². The monoisotopic (exact) mass is 696 g/mol. The maximum absolute atomic E-state index is 17.9. The van der Waals surface area contributed by atoms with E-state index in [9.17, 15) is 14.0 Å². The fourth-order valence-corrected chi connectivity index (χ4v) is 9.04. The van der Waals surface area contributed by atoms with Gasteiger partial charge in [-0.3, -0.25) is 14.5 Å². The first-order valence-electron chi connectivity index (χ1n) is 18.4. The third kappa shape index (κ3) is 7.51. The zero-order chi connectivity index (χ0) is 35.4. The maximum atomic E-state index is 17.9. The normalized spacial score (nSPS) is 29.4. The maximum Gasteiger partial charge on any atom is 0.262 e. The van der Waals surface area contributed by atoms with Crippen LogP contribution in [0.4, 0.5) is 14.5 Å². The number of methoxy groups -OCH3 is 3. The summed E-state index contributed by atoms with van der Waals surface area (Å²) in [5.41, 5.74) is 0.384. The number of halogens is 2. The molecule has 4 atom stereocenters. The number of likely N-dealkylation sites (tertiary alicyclic amines) is 2. The predicted molar refractivity (Wildman–Crippen MR) is 189 cm³/mol. The molecule has 9 nitrogen and oxygen atoms in total. The molecule has 11 heteroatoms. The Hall–Kier alpha value is -3.28. The third-order valence-corrected chi connectivity index (χ3v) is 11.8. The Kier molecular flexibility index (Phi) is 11.6. The topological polar surface area (TPSA) is 83.6 Å². The smallest absolute Gasteiger partial charge is 0.262 e. The molecule has 4 fully saturated rings.